The van der Waals surface area contributed by atoms with Crippen LogP contribution in [-0.2, 0) is 6.61 Å². The van der Waals surface area contributed by atoms with Gasteiger partial charge in [0.1, 0.15) is 18.1 Å². The molecular formula is C14H14ClNO3S. The number of thiol groups is 1. The summed E-state index contributed by atoms with van der Waals surface area (Å²) in [5.41, 5.74) is 0. The molecule has 106 valence electrons. The Morgan fingerprint density at radius 3 is 2.70 bits per heavy atom. The average molecular weight is 312 g/mol. The molecule has 1 aromatic carbocycles. The van der Waals surface area contributed by atoms with E-state index in [0.29, 0.717) is 28.8 Å². The van der Waals surface area contributed by atoms with Crippen LogP contribution in [0, 0.1) is 0 Å². The maximum atomic E-state index is 11.6. The van der Waals surface area contributed by atoms with Crippen molar-refractivity contribution in [1.29, 1.82) is 0 Å². The zero-order valence-corrected chi connectivity index (χ0v) is 12.3. The lowest BCUT2D eigenvalue weighted by atomic mass is 10.3. The van der Waals surface area contributed by atoms with Crippen molar-refractivity contribution in [2.24, 2.45) is 0 Å². The van der Waals surface area contributed by atoms with Crippen LogP contribution in [0.15, 0.2) is 40.8 Å². The maximum absolute atomic E-state index is 11.6. The molecule has 0 aliphatic rings. The van der Waals surface area contributed by atoms with Gasteiger partial charge in [-0.25, -0.2) is 0 Å². The monoisotopic (exact) mass is 311 g/mol. The van der Waals surface area contributed by atoms with Crippen molar-refractivity contribution in [2.45, 2.75) is 6.61 Å². The molecule has 0 unspecified atom stereocenters. The van der Waals surface area contributed by atoms with Gasteiger partial charge in [0.05, 0.1) is 0 Å². The molecule has 4 nitrogen and oxygen atoms in total. The van der Waals surface area contributed by atoms with Crippen molar-refractivity contribution >= 4 is 30.1 Å². The molecule has 2 rings (SSSR count). The molecule has 0 fully saturated rings. The lowest BCUT2D eigenvalue weighted by molar-refractivity contribution is 0.0924. The lowest BCUT2D eigenvalue weighted by Gasteiger charge is -2.04. The van der Waals surface area contributed by atoms with Gasteiger partial charge in [-0.15, -0.1) is 0 Å². The number of hydrogen-bond donors (Lipinski definition) is 2. The largest absolute Gasteiger partial charge is 0.486 e. The normalized spacial score (nSPS) is 10.3. The van der Waals surface area contributed by atoms with E-state index in [2.05, 4.69) is 17.9 Å². The van der Waals surface area contributed by atoms with E-state index in [1.54, 1.807) is 36.4 Å². The van der Waals surface area contributed by atoms with E-state index < -0.39 is 0 Å². The quantitative estimate of drug-likeness (QED) is 0.806. The topological polar surface area (TPSA) is 51.5 Å². The van der Waals surface area contributed by atoms with Crippen LogP contribution in [0.3, 0.4) is 0 Å². The molecule has 0 atom stereocenters. The van der Waals surface area contributed by atoms with Gasteiger partial charge in [-0.3, -0.25) is 4.79 Å². The van der Waals surface area contributed by atoms with E-state index in [9.17, 15) is 4.79 Å². The molecule has 0 spiro atoms. The number of ether oxygens (including phenoxy) is 1. The van der Waals surface area contributed by atoms with Crippen LogP contribution < -0.4 is 10.1 Å². The second-order valence-corrected chi connectivity index (χ2v) is 4.87. The molecule has 20 heavy (non-hydrogen) atoms. The van der Waals surface area contributed by atoms with Crippen molar-refractivity contribution in [1.82, 2.24) is 5.32 Å². The number of hydrogen-bond acceptors (Lipinski definition) is 4. The number of carbonyl (C=O) groups excluding carboxylic acids is 1. The van der Waals surface area contributed by atoms with Crippen molar-refractivity contribution in [3.8, 4) is 5.75 Å². The van der Waals surface area contributed by atoms with Crippen LogP contribution in [0.4, 0.5) is 0 Å². The molecule has 1 amide bonds. The first kappa shape index (κ1) is 14.8. The van der Waals surface area contributed by atoms with Crippen LogP contribution in [0.5, 0.6) is 5.75 Å². The summed E-state index contributed by atoms with van der Waals surface area (Å²) in [5.74, 6) is 1.86. The molecule has 6 heteroatoms. The van der Waals surface area contributed by atoms with Crippen molar-refractivity contribution in [3.63, 3.8) is 0 Å². The highest BCUT2D eigenvalue weighted by Crippen LogP contribution is 2.17. The Morgan fingerprint density at radius 1 is 1.25 bits per heavy atom. The highest BCUT2D eigenvalue weighted by molar-refractivity contribution is 7.80. The molecule has 1 heterocycles. The number of amides is 1. The van der Waals surface area contributed by atoms with Gasteiger partial charge < -0.3 is 14.5 Å². The Bertz CT molecular complexity index is 568. The lowest BCUT2D eigenvalue weighted by Crippen LogP contribution is -2.24. The van der Waals surface area contributed by atoms with Crippen LogP contribution in [0.25, 0.3) is 0 Å². The Balaban J connectivity index is 1.89. The molecule has 0 saturated heterocycles. The summed E-state index contributed by atoms with van der Waals surface area (Å²) in [6, 6.07) is 10.4. The third-order valence-corrected chi connectivity index (χ3v) is 2.95. The number of furan rings is 1. The van der Waals surface area contributed by atoms with Crippen LogP contribution in [-0.4, -0.2) is 18.2 Å². The molecule has 0 aliphatic carbocycles. The van der Waals surface area contributed by atoms with Gasteiger partial charge in [0.25, 0.3) is 5.91 Å². The summed E-state index contributed by atoms with van der Waals surface area (Å²) in [6.07, 6.45) is 0. The van der Waals surface area contributed by atoms with Crippen LogP contribution in [0.1, 0.15) is 16.3 Å². The highest BCUT2D eigenvalue weighted by Gasteiger charge is 2.10. The van der Waals surface area contributed by atoms with Crippen LogP contribution in [0.2, 0.25) is 5.02 Å². The summed E-state index contributed by atoms with van der Waals surface area (Å²) < 4.78 is 10.9. The summed E-state index contributed by atoms with van der Waals surface area (Å²) >= 11 is 9.80. The molecule has 0 aliphatic heterocycles. The minimum absolute atomic E-state index is 0.251. The first-order chi connectivity index (χ1) is 9.69. The minimum atomic E-state index is -0.253. The second kappa shape index (κ2) is 7.26. The fraction of sp³-hybridized carbons (Fsp3) is 0.214. The first-order valence-electron chi connectivity index (χ1n) is 6.05. The maximum Gasteiger partial charge on any atom is 0.287 e. The van der Waals surface area contributed by atoms with Crippen molar-refractivity contribution in [3.05, 3.63) is 52.9 Å². The van der Waals surface area contributed by atoms with Gasteiger partial charge in [0, 0.05) is 17.3 Å². The molecule has 1 aromatic heterocycles. The number of nitrogens with one attached hydrogen (secondary N) is 1. The van der Waals surface area contributed by atoms with Gasteiger partial charge in [-0.2, -0.15) is 12.6 Å². The number of rotatable bonds is 6. The van der Waals surface area contributed by atoms with Gasteiger partial charge in [-0.05, 0) is 36.4 Å². The van der Waals surface area contributed by atoms with Crippen LogP contribution >= 0.6 is 24.2 Å². The van der Waals surface area contributed by atoms with Crippen molar-refractivity contribution in [2.75, 3.05) is 12.3 Å². The minimum Gasteiger partial charge on any atom is -0.486 e. The van der Waals surface area contributed by atoms with Crippen molar-refractivity contribution < 1.29 is 13.9 Å². The molecular weight excluding hydrogens is 298 g/mol. The van der Waals surface area contributed by atoms with Gasteiger partial charge >= 0.3 is 0 Å². The summed E-state index contributed by atoms with van der Waals surface area (Å²) in [7, 11) is 0. The molecule has 0 bridgehead atoms. The average Bonchev–Trinajstić information content (AvgIpc) is 2.93. The molecule has 0 saturated carbocycles. The van der Waals surface area contributed by atoms with Gasteiger partial charge in [0.2, 0.25) is 0 Å². The SMILES string of the molecule is O=C(NCCS)c1ccc(COc2ccc(Cl)cc2)o1. The Kier molecular flexibility index (Phi) is 5.38. The van der Waals surface area contributed by atoms with E-state index >= 15 is 0 Å². The number of halogens is 1. The molecule has 0 radical (unpaired) electrons. The van der Waals surface area contributed by atoms with E-state index in [1.165, 1.54) is 0 Å². The van der Waals surface area contributed by atoms with Gasteiger partial charge in [-0.1, -0.05) is 11.6 Å². The first-order valence-corrected chi connectivity index (χ1v) is 7.06. The standard InChI is InChI=1S/C14H14ClNO3S/c15-10-1-3-11(4-2-10)18-9-12-5-6-13(19-12)14(17)16-7-8-20/h1-6,20H,7-9H2,(H,16,17). The second-order valence-electron chi connectivity index (χ2n) is 3.99. The number of carbonyl (C=O) groups is 1. The van der Waals surface area contributed by atoms with Gasteiger partial charge in [0.15, 0.2) is 5.76 Å². The highest BCUT2D eigenvalue weighted by atomic mass is 35.5. The van der Waals surface area contributed by atoms with E-state index in [-0.39, 0.29) is 18.3 Å². The molecule has 2 aromatic rings. The summed E-state index contributed by atoms with van der Waals surface area (Å²) in [6.45, 7) is 0.751. The zero-order valence-electron chi connectivity index (χ0n) is 10.6. The predicted molar refractivity (Wildman–Crippen MR) is 80.7 cm³/mol. The third-order valence-electron chi connectivity index (χ3n) is 2.48. The van der Waals surface area contributed by atoms with E-state index in [4.69, 9.17) is 20.8 Å². The smallest absolute Gasteiger partial charge is 0.287 e. The summed E-state index contributed by atoms with van der Waals surface area (Å²) in [4.78, 5) is 11.6. The van der Waals surface area contributed by atoms with E-state index in [1.807, 2.05) is 0 Å². The summed E-state index contributed by atoms with van der Waals surface area (Å²) in [5, 5.41) is 3.33. The molecule has 1 N–H and O–H groups in total. The third kappa shape index (κ3) is 4.21. The Labute approximate surface area is 127 Å². The Hall–Kier alpha value is -1.59. The Morgan fingerprint density at radius 2 is 2.00 bits per heavy atom. The number of benzene rings is 1. The fourth-order valence-electron chi connectivity index (χ4n) is 1.52. The zero-order chi connectivity index (χ0) is 14.4. The predicted octanol–water partition coefficient (Wildman–Crippen LogP) is 3.17. The van der Waals surface area contributed by atoms with E-state index in [0.717, 1.165) is 0 Å². The fourth-order valence-corrected chi connectivity index (χ4v) is 1.76.